The maximum Gasteiger partial charge on any atom is 0.224 e. The van der Waals surface area contributed by atoms with Gasteiger partial charge in [-0.2, -0.15) is 0 Å². The second-order valence-corrected chi connectivity index (χ2v) is 5.11. The fourth-order valence-electron chi connectivity index (χ4n) is 2.61. The smallest absolute Gasteiger partial charge is 0.224 e. The van der Waals surface area contributed by atoms with Crippen molar-refractivity contribution in [3.8, 4) is 0 Å². The van der Waals surface area contributed by atoms with Crippen LogP contribution in [-0.4, -0.2) is 38.3 Å². The first-order valence-electron chi connectivity index (χ1n) is 6.96. The Morgan fingerprint density at radius 3 is 2.94 bits per heavy atom. The predicted octanol–water partition coefficient (Wildman–Crippen LogP) is 1.06. The van der Waals surface area contributed by atoms with E-state index in [-0.39, 0.29) is 11.8 Å². The average Bonchev–Trinajstić information content (AvgIpc) is 2.41. The van der Waals surface area contributed by atoms with Gasteiger partial charge in [0, 0.05) is 19.7 Å². The number of hydrogen-bond acceptors (Lipinski definition) is 3. The number of carbonyl (C=O) groups is 1. The fraction of sp³-hybridized carbons (Fsp3) is 0.923. The summed E-state index contributed by atoms with van der Waals surface area (Å²) in [6.45, 7) is 3.55. The van der Waals surface area contributed by atoms with Crippen molar-refractivity contribution in [3.05, 3.63) is 0 Å². The zero-order chi connectivity index (χ0) is 11.9. The molecule has 17 heavy (non-hydrogen) atoms. The van der Waals surface area contributed by atoms with Gasteiger partial charge < -0.3 is 15.4 Å². The second-order valence-electron chi connectivity index (χ2n) is 5.11. The molecule has 2 heterocycles. The van der Waals surface area contributed by atoms with E-state index in [1.165, 1.54) is 12.8 Å². The molecular formula is C13H24N2O2. The van der Waals surface area contributed by atoms with Crippen LogP contribution in [0.2, 0.25) is 0 Å². The number of nitrogens with one attached hydrogen (secondary N) is 2. The summed E-state index contributed by atoms with van der Waals surface area (Å²) in [5.74, 6) is 0.393. The van der Waals surface area contributed by atoms with E-state index in [1.54, 1.807) is 0 Å². The van der Waals surface area contributed by atoms with Gasteiger partial charge in [0.25, 0.3) is 0 Å². The number of piperidine rings is 1. The largest absolute Gasteiger partial charge is 0.378 e. The first-order chi connectivity index (χ1) is 8.36. The molecule has 0 bridgehead atoms. The van der Waals surface area contributed by atoms with Gasteiger partial charge in [0.15, 0.2) is 0 Å². The maximum atomic E-state index is 11.8. The third-order valence-corrected chi connectivity index (χ3v) is 3.71. The molecule has 4 heteroatoms. The molecule has 4 nitrogen and oxygen atoms in total. The van der Waals surface area contributed by atoms with E-state index in [9.17, 15) is 4.79 Å². The maximum absolute atomic E-state index is 11.8. The summed E-state index contributed by atoms with van der Waals surface area (Å²) in [5.41, 5.74) is 0. The lowest BCUT2D eigenvalue weighted by molar-refractivity contribution is -0.125. The summed E-state index contributed by atoms with van der Waals surface area (Å²) in [5, 5.41) is 6.31. The Kier molecular flexibility index (Phi) is 5.26. The van der Waals surface area contributed by atoms with Gasteiger partial charge in [-0.25, -0.2) is 0 Å². The average molecular weight is 240 g/mol. The highest BCUT2D eigenvalue weighted by atomic mass is 16.5. The van der Waals surface area contributed by atoms with Crippen LogP contribution in [0.3, 0.4) is 0 Å². The van der Waals surface area contributed by atoms with E-state index in [2.05, 4.69) is 10.6 Å². The minimum absolute atomic E-state index is 0.177. The Morgan fingerprint density at radius 2 is 2.24 bits per heavy atom. The van der Waals surface area contributed by atoms with Gasteiger partial charge in [-0.3, -0.25) is 4.79 Å². The van der Waals surface area contributed by atoms with Crippen molar-refractivity contribution in [1.29, 1.82) is 0 Å². The van der Waals surface area contributed by atoms with E-state index in [0.717, 1.165) is 51.9 Å². The standard InChI is InChI=1S/C13H24N2O2/c16-13(11-4-3-7-14-10-11)15-8-6-12-5-1-2-9-17-12/h11-12,14H,1-10H2,(H,15,16). The fourth-order valence-corrected chi connectivity index (χ4v) is 2.61. The van der Waals surface area contributed by atoms with Crippen LogP contribution in [0.4, 0.5) is 0 Å². The third kappa shape index (κ3) is 4.28. The Labute approximate surface area is 103 Å². The van der Waals surface area contributed by atoms with E-state index >= 15 is 0 Å². The Hall–Kier alpha value is -0.610. The topological polar surface area (TPSA) is 50.4 Å². The van der Waals surface area contributed by atoms with E-state index in [0.29, 0.717) is 6.10 Å². The first kappa shape index (κ1) is 12.8. The van der Waals surface area contributed by atoms with Crippen molar-refractivity contribution in [3.63, 3.8) is 0 Å². The Bertz CT molecular complexity index is 234. The minimum Gasteiger partial charge on any atom is -0.378 e. The molecule has 2 saturated heterocycles. The van der Waals surface area contributed by atoms with Gasteiger partial charge in [0.05, 0.1) is 12.0 Å². The van der Waals surface area contributed by atoms with Gasteiger partial charge in [-0.05, 0) is 45.1 Å². The number of carbonyl (C=O) groups excluding carboxylic acids is 1. The molecular weight excluding hydrogens is 216 g/mol. The molecule has 2 atom stereocenters. The molecule has 2 unspecified atom stereocenters. The molecule has 1 amide bonds. The van der Waals surface area contributed by atoms with Crippen molar-refractivity contribution in [2.24, 2.45) is 5.92 Å². The van der Waals surface area contributed by atoms with Crippen LogP contribution < -0.4 is 10.6 Å². The lowest BCUT2D eigenvalue weighted by atomic mass is 9.99. The van der Waals surface area contributed by atoms with Crippen molar-refractivity contribution >= 4 is 5.91 Å². The molecule has 0 saturated carbocycles. The zero-order valence-electron chi connectivity index (χ0n) is 10.5. The number of ether oxygens (including phenoxy) is 1. The number of hydrogen-bond donors (Lipinski definition) is 2. The monoisotopic (exact) mass is 240 g/mol. The normalized spacial score (nSPS) is 29.9. The van der Waals surface area contributed by atoms with Crippen molar-refractivity contribution < 1.29 is 9.53 Å². The Morgan fingerprint density at radius 1 is 1.29 bits per heavy atom. The molecule has 2 rings (SSSR count). The molecule has 0 aromatic rings. The highest BCUT2D eigenvalue weighted by Crippen LogP contribution is 2.15. The summed E-state index contributed by atoms with van der Waals surface area (Å²) in [4.78, 5) is 11.8. The summed E-state index contributed by atoms with van der Waals surface area (Å²) < 4.78 is 5.64. The second kappa shape index (κ2) is 6.97. The van der Waals surface area contributed by atoms with Gasteiger partial charge >= 0.3 is 0 Å². The van der Waals surface area contributed by atoms with Gasteiger partial charge in [-0.15, -0.1) is 0 Å². The summed E-state index contributed by atoms with van der Waals surface area (Å²) >= 11 is 0. The van der Waals surface area contributed by atoms with E-state index < -0.39 is 0 Å². The quantitative estimate of drug-likeness (QED) is 0.772. The van der Waals surface area contributed by atoms with E-state index in [4.69, 9.17) is 4.74 Å². The molecule has 2 N–H and O–H groups in total. The summed E-state index contributed by atoms with van der Waals surface area (Å²) in [7, 11) is 0. The molecule has 2 fully saturated rings. The van der Waals surface area contributed by atoms with Crippen LogP contribution in [-0.2, 0) is 9.53 Å². The molecule has 0 aromatic carbocycles. The van der Waals surface area contributed by atoms with Crippen LogP contribution in [0.1, 0.15) is 38.5 Å². The molecule has 2 aliphatic rings. The van der Waals surface area contributed by atoms with Crippen molar-refractivity contribution in [2.45, 2.75) is 44.6 Å². The summed E-state index contributed by atoms with van der Waals surface area (Å²) in [6, 6.07) is 0. The molecule has 0 aliphatic carbocycles. The number of amides is 1. The van der Waals surface area contributed by atoms with Crippen LogP contribution in [0.15, 0.2) is 0 Å². The molecule has 2 aliphatic heterocycles. The first-order valence-corrected chi connectivity index (χ1v) is 6.96. The van der Waals surface area contributed by atoms with Crippen molar-refractivity contribution in [2.75, 3.05) is 26.2 Å². The molecule has 0 radical (unpaired) electrons. The highest BCUT2D eigenvalue weighted by molar-refractivity contribution is 5.78. The molecule has 0 aromatic heterocycles. The van der Waals surface area contributed by atoms with Crippen molar-refractivity contribution in [1.82, 2.24) is 10.6 Å². The lowest BCUT2D eigenvalue weighted by Crippen LogP contribution is -2.41. The van der Waals surface area contributed by atoms with Crippen LogP contribution in [0, 0.1) is 5.92 Å². The third-order valence-electron chi connectivity index (χ3n) is 3.71. The predicted molar refractivity (Wildman–Crippen MR) is 66.8 cm³/mol. The van der Waals surface area contributed by atoms with Gasteiger partial charge in [0.2, 0.25) is 5.91 Å². The highest BCUT2D eigenvalue weighted by Gasteiger charge is 2.21. The van der Waals surface area contributed by atoms with E-state index in [1.807, 2.05) is 0 Å². The molecule has 98 valence electrons. The van der Waals surface area contributed by atoms with Gasteiger partial charge in [-0.1, -0.05) is 0 Å². The van der Waals surface area contributed by atoms with Crippen LogP contribution >= 0.6 is 0 Å². The Balaban J connectivity index is 1.58. The number of rotatable bonds is 4. The zero-order valence-corrected chi connectivity index (χ0v) is 10.5. The lowest BCUT2D eigenvalue weighted by Gasteiger charge is -2.24. The SMILES string of the molecule is O=C(NCCC1CCCCO1)C1CCCNC1. The van der Waals surface area contributed by atoms with Crippen LogP contribution in [0.25, 0.3) is 0 Å². The van der Waals surface area contributed by atoms with Crippen LogP contribution in [0.5, 0.6) is 0 Å². The minimum atomic E-state index is 0.177. The summed E-state index contributed by atoms with van der Waals surface area (Å²) in [6.07, 6.45) is 7.09. The molecule has 0 spiro atoms. The van der Waals surface area contributed by atoms with Gasteiger partial charge in [0.1, 0.15) is 0 Å².